The zero-order chi connectivity index (χ0) is 18.9. The summed E-state index contributed by atoms with van der Waals surface area (Å²) >= 11 is 0. The van der Waals surface area contributed by atoms with Gasteiger partial charge in [-0.25, -0.2) is 4.99 Å². The highest BCUT2D eigenvalue weighted by atomic mass is 127. The van der Waals surface area contributed by atoms with Crippen LogP contribution in [0.25, 0.3) is 0 Å². The zero-order valence-corrected chi connectivity index (χ0v) is 18.3. The topological polar surface area (TPSA) is 80.0 Å². The highest BCUT2D eigenvalue weighted by molar-refractivity contribution is 14.0. The summed E-state index contributed by atoms with van der Waals surface area (Å²) in [7, 11) is 3.39. The fraction of sp³-hybridized carbons (Fsp3) is 0.300. The van der Waals surface area contributed by atoms with Gasteiger partial charge in [0.05, 0.1) is 6.54 Å². The van der Waals surface area contributed by atoms with Gasteiger partial charge in [-0.05, 0) is 41.8 Å². The predicted molar refractivity (Wildman–Crippen MR) is 121 cm³/mol. The third-order valence-electron chi connectivity index (χ3n) is 3.80. The van der Waals surface area contributed by atoms with Crippen LogP contribution < -0.4 is 15.8 Å². The lowest BCUT2D eigenvalue weighted by molar-refractivity contribution is -0.130. The highest BCUT2D eigenvalue weighted by Gasteiger charge is 2.05. The van der Waals surface area contributed by atoms with Gasteiger partial charge in [0.25, 0.3) is 5.91 Å². The number of guanidine groups is 1. The third-order valence-corrected chi connectivity index (χ3v) is 3.80. The van der Waals surface area contributed by atoms with Gasteiger partial charge in [-0.3, -0.25) is 4.79 Å². The van der Waals surface area contributed by atoms with Gasteiger partial charge >= 0.3 is 0 Å². The van der Waals surface area contributed by atoms with E-state index in [4.69, 9.17) is 10.5 Å². The van der Waals surface area contributed by atoms with E-state index in [-0.39, 0.29) is 36.5 Å². The maximum atomic E-state index is 11.6. The maximum Gasteiger partial charge on any atom is 0.259 e. The Morgan fingerprint density at radius 3 is 2.56 bits per heavy atom. The summed E-state index contributed by atoms with van der Waals surface area (Å²) in [6.07, 6.45) is 0.968. The van der Waals surface area contributed by atoms with Gasteiger partial charge in [0.2, 0.25) is 0 Å². The molecule has 27 heavy (non-hydrogen) atoms. The summed E-state index contributed by atoms with van der Waals surface area (Å²) < 4.78 is 5.51. The molecule has 0 bridgehead atoms. The molecule has 2 rings (SSSR count). The van der Waals surface area contributed by atoms with Crippen molar-refractivity contribution in [3.05, 3.63) is 59.7 Å². The van der Waals surface area contributed by atoms with E-state index in [2.05, 4.69) is 29.4 Å². The lowest BCUT2D eigenvalue weighted by Gasteiger charge is -2.12. The number of likely N-dealkylation sites (N-methyl/N-ethyl adjacent to an activating group) is 1. The van der Waals surface area contributed by atoms with Crippen molar-refractivity contribution < 1.29 is 9.53 Å². The maximum absolute atomic E-state index is 11.6. The van der Waals surface area contributed by atoms with Gasteiger partial charge in [-0.1, -0.05) is 31.2 Å². The van der Waals surface area contributed by atoms with Crippen LogP contribution in [0.1, 0.15) is 18.1 Å². The molecule has 2 aromatic carbocycles. The molecule has 0 saturated heterocycles. The minimum absolute atomic E-state index is 0. The van der Waals surface area contributed by atoms with E-state index in [1.165, 1.54) is 10.5 Å². The van der Waals surface area contributed by atoms with E-state index in [0.717, 1.165) is 17.7 Å². The summed E-state index contributed by atoms with van der Waals surface area (Å²) in [5.41, 5.74) is 9.08. The molecule has 2 aromatic rings. The van der Waals surface area contributed by atoms with Crippen LogP contribution in [0.15, 0.2) is 53.5 Å². The fourth-order valence-electron chi connectivity index (χ4n) is 2.24. The van der Waals surface area contributed by atoms with E-state index in [0.29, 0.717) is 18.3 Å². The number of benzene rings is 2. The average Bonchev–Trinajstić information content (AvgIpc) is 2.65. The molecule has 0 spiro atoms. The van der Waals surface area contributed by atoms with Crippen LogP contribution in [-0.4, -0.2) is 37.5 Å². The highest BCUT2D eigenvalue weighted by Crippen LogP contribution is 2.15. The molecule has 0 aliphatic carbocycles. The Morgan fingerprint density at radius 2 is 1.85 bits per heavy atom. The van der Waals surface area contributed by atoms with Gasteiger partial charge in [0, 0.05) is 19.8 Å². The average molecular weight is 482 g/mol. The second kappa shape index (κ2) is 11.4. The van der Waals surface area contributed by atoms with Crippen LogP contribution in [0.5, 0.6) is 5.75 Å². The van der Waals surface area contributed by atoms with Crippen LogP contribution in [0, 0.1) is 0 Å². The Hall–Kier alpha value is -2.29. The number of anilines is 1. The molecule has 7 heteroatoms. The summed E-state index contributed by atoms with van der Waals surface area (Å²) in [6.45, 7) is 2.54. The van der Waals surface area contributed by atoms with E-state index < -0.39 is 0 Å². The Morgan fingerprint density at radius 1 is 1.15 bits per heavy atom. The van der Waals surface area contributed by atoms with Crippen LogP contribution >= 0.6 is 24.0 Å². The molecule has 0 radical (unpaired) electrons. The standard InChI is InChI=1S/C20H26N4O2.HI/c1-4-15-7-5-9-17(11-15)23-20(21)22-13-16-8-6-10-18(12-16)26-14-19(25)24(2)3;/h5-12H,4,13-14H2,1-3H3,(H3,21,22,23);1H. The van der Waals surface area contributed by atoms with Crippen LogP contribution in [0.3, 0.4) is 0 Å². The summed E-state index contributed by atoms with van der Waals surface area (Å²) in [6, 6.07) is 15.6. The molecule has 0 heterocycles. The quantitative estimate of drug-likeness (QED) is 0.361. The molecule has 0 aliphatic rings. The van der Waals surface area contributed by atoms with Crippen molar-refractivity contribution in [1.29, 1.82) is 0 Å². The fourth-order valence-corrected chi connectivity index (χ4v) is 2.24. The molecule has 0 saturated carbocycles. The predicted octanol–water partition coefficient (Wildman–Crippen LogP) is 3.26. The number of aryl methyl sites for hydroxylation is 1. The van der Waals surface area contributed by atoms with Gasteiger partial charge in [-0.2, -0.15) is 0 Å². The number of nitrogens with two attached hydrogens (primary N) is 1. The third kappa shape index (κ3) is 7.86. The number of ether oxygens (including phenoxy) is 1. The minimum atomic E-state index is -0.0869. The Labute approximate surface area is 177 Å². The number of carbonyl (C=O) groups excluding carboxylic acids is 1. The normalized spacial score (nSPS) is 10.7. The van der Waals surface area contributed by atoms with Gasteiger partial charge in [-0.15, -0.1) is 24.0 Å². The van der Waals surface area contributed by atoms with Crippen molar-refractivity contribution in [3.8, 4) is 5.75 Å². The Balaban J connectivity index is 0.00000364. The minimum Gasteiger partial charge on any atom is -0.484 e. The van der Waals surface area contributed by atoms with Gasteiger partial charge in [0.1, 0.15) is 5.75 Å². The van der Waals surface area contributed by atoms with Crippen molar-refractivity contribution >= 4 is 41.5 Å². The van der Waals surface area contributed by atoms with Gasteiger partial charge in [0.15, 0.2) is 12.6 Å². The van der Waals surface area contributed by atoms with Crippen molar-refractivity contribution in [2.75, 3.05) is 26.0 Å². The number of halogens is 1. The van der Waals surface area contributed by atoms with Crippen LogP contribution in [0.2, 0.25) is 0 Å². The molecular formula is C20H27IN4O2. The van der Waals surface area contributed by atoms with E-state index in [1.54, 1.807) is 14.1 Å². The lowest BCUT2D eigenvalue weighted by Crippen LogP contribution is -2.27. The number of carbonyl (C=O) groups is 1. The van der Waals surface area contributed by atoms with Crippen molar-refractivity contribution in [2.45, 2.75) is 19.9 Å². The first kappa shape index (κ1) is 22.8. The smallest absolute Gasteiger partial charge is 0.259 e. The molecular weight excluding hydrogens is 455 g/mol. The molecule has 0 aliphatic heterocycles. The molecule has 0 unspecified atom stereocenters. The lowest BCUT2D eigenvalue weighted by atomic mass is 10.1. The first-order chi connectivity index (χ1) is 12.5. The van der Waals surface area contributed by atoms with Crippen molar-refractivity contribution in [3.63, 3.8) is 0 Å². The second-order valence-corrected chi connectivity index (χ2v) is 6.10. The Bertz CT molecular complexity index is 778. The van der Waals surface area contributed by atoms with E-state index in [9.17, 15) is 4.79 Å². The molecule has 1 amide bonds. The number of amides is 1. The zero-order valence-electron chi connectivity index (χ0n) is 15.9. The largest absolute Gasteiger partial charge is 0.484 e. The molecule has 146 valence electrons. The van der Waals surface area contributed by atoms with Crippen molar-refractivity contribution in [2.24, 2.45) is 10.7 Å². The molecule has 0 atom stereocenters. The number of hydrogen-bond donors (Lipinski definition) is 2. The van der Waals surface area contributed by atoms with Crippen LogP contribution in [-0.2, 0) is 17.8 Å². The number of aliphatic imine (C=N–C) groups is 1. The van der Waals surface area contributed by atoms with Crippen molar-refractivity contribution in [1.82, 2.24) is 4.90 Å². The monoisotopic (exact) mass is 482 g/mol. The van der Waals surface area contributed by atoms with Crippen LogP contribution in [0.4, 0.5) is 5.69 Å². The number of rotatable bonds is 7. The summed E-state index contributed by atoms with van der Waals surface area (Å²) in [4.78, 5) is 17.4. The molecule has 3 N–H and O–H groups in total. The summed E-state index contributed by atoms with van der Waals surface area (Å²) in [5, 5.41) is 3.10. The van der Waals surface area contributed by atoms with Gasteiger partial charge < -0.3 is 20.7 Å². The molecule has 0 fully saturated rings. The first-order valence-corrected chi connectivity index (χ1v) is 8.55. The number of hydrogen-bond acceptors (Lipinski definition) is 3. The SMILES string of the molecule is CCc1cccc(NC(N)=NCc2cccc(OCC(=O)N(C)C)c2)c1.I. The molecule has 0 aromatic heterocycles. The number of nitrogens with one attached hydrogen (secondary N) is 1. The first-order valence-electron chi connectivity index (χ1n) is 8.55. The second-order valence-electron chi connectivity index (χ2n) is 6.10. The van der Waals surface area contributed by atoms with E-state index >= 15 is 0 Å². The number of nitrogens with zero attached hydrogens (tertiary/aromatic N) is 2. The summed E-state index contributed by atoms with van der Waals surface area (Å²) in [5.74, 6) is 0.901. The Kier molecular flexibility index (Phi) is 9.63. The van der Waals surface area contributed by atoms with E-state index in [1.807, 2.05) is 36.4 Å². The molecule has 6 nitrogen and oxygen atoms in total.